The third-order valence-corrected chi connectivity index (χ3v) is 7.40. The highest BCUT2D eigenvalue weighted by Crippen LogP contribution is 2.44. The van der Waals surface area contributed by atoms with Crippen molar-refractivity contribution in [3.05, 3.63) is 70.0 Å². The van der Waals surface area contributed by atoms with Crippen molar-refractivity contribution in [3.63, 3.8) is 0 Å². The highest BCUT2D eigenvalue weighted by molar-refractivity contribution is 5.89. The molecule has 2 aliphatic rings. The molecule has 1 aliphatic heterocycles. The summed E-state index contributed by atoms with van der Waals surface area (Å²) in [6, 6.07) is 8.43. The summed E-state index contributed by atoms with van der Waals surface area (Å²) in [6.07, 6.45) is 8.83. The molecule has 8 heteroatoms. The maximum absolute atomic E-state index is 13.4. The number of rotatable bonds is 6. The van der Waals surface area contributed by atoms with Crippen molar-refractivity contribution < 1.29 is 14.7 Å². The van der Waals surface area contributed by atoms with E-state index in [2.05, 4.69) is 16.8 Å². The zero-order valence-corrected chi connectivity index (χ0v) is 19.5. The van der Waals surface area contributed by atoms with E-state index in [0.29, 0.717) is 41.4 Å². The molecule has 1 saturated carbocycles. The van der Waals surface area contributed by atoms with Gasteiger partial charge in [0, 0.05) is 36.3 Å². The monoisotopic (exact) mass is 466 g/mol. The number of aromatic nitrogens is 2. The molecule has 2 N–H and O–H groups in total. The van der Waals surface area contributed by atoms with Crippen molar-refractivity contribution in [2.75, 3.05) is 24.5 Å². The van der Waals surface area contributed by atoms with E-state index < -0.39 is 11.2 Å². The van der Waals surface area contributed by atoms with Crippen LogP contribution in [0.3, 0.4) is 0 Å². The first-order valence-corrected chi connectivity index (χ1v) is 12.1. The number of hydrogen-bond donors (Lipinski definition) is 2. The van der Waals surface area contributed by atoms with Crippen LogP contribution in [-0.2, 0) is 12.1 Å². The summed E-state index contributed by atoms with van der Waals surface area (Å²) in [5.41, 5.74) is 0.645. The molecule has 0 saturated heterocycles. The third-order valence-electron chi connectivity index (χ3n) is 7.40. The third kappa shape index (κ3) is 4.05. The summed E-state index contributed by atoms with van der Waals surface area (Å²) in [6.45, 7) is 4.22. The summed E-state index contributed by atoms with van der Waals surface area (Å²) in [5.74, 6) is -0.291. The summed E-state index contributed by atoms with van der Waals surface area (Å²) in [4.78, 5) is 21.3. The Labute approximate surface area is 198 Å². The molecule has 0 bridgehead atoms. The Hall–Kier alpha value is -2.97. The summed E-state index contributed by atoms with van der Waals surface area (Å²) < 4.78 is 14.0. The minimum Gasteiger partial charge on any atom is -0.425 e. The molecule has 180 valence electrons. The Kier molecular flexibility index (Phi) is 6.04. The maximum Gasteiger partial charge on any atom is 0.309 e. The van der Waals surface area contributed by atoms with Crippen molar-refractivity contribution in [1.29, 1.82) is 0 Å². The van der Waals surface area contributed by atoms with Gasteiger partial charge in [0.2, 0.25) is 0 Å². The lowest BCUT2D eigenvalue weighted by Gasteiger charge is -2.38. The van der Waals surface area contributed by atoms with Crippen molar-refractivity contribution >= 4 is 16.6 Å². The Morgan fingerprint density at radius 3 is 2.62 bits per heavy atom. The van der Waals surface area contributed by atoms with E-state index in [1.54, 1.807) is 24.4 Å². The molecule has 1 unspecified atom stereocenters. The van der Waals surface area contributed by atoms with Crippen LogP contribution in [0, 0.1) is 5.82 Å². The minimum absolute atomic E-state index is 0.131. The van der Waals surface area contributed by atoms with Crippen molar-refractivity contribution in [1.82, 2.24) is 14.6 Å². The van der Waals surface area contributed by atoms with Gasteiger partial charge in [-0.3, -0.25) is 9.69 Å². The van der Waals surface area contributed by atoms with Crippen LogP contribution in [0.25, 0.3) is 10.9 Å². The zero-order valence-electron chi connectivity index (χ0n) is 19.5. The Morgan fingerprint density at radius 1 is 1.18 bits per heavy atom. The second-order valence-corrected chi connectivity index (χ2v) is 9.62. The Morgan fingerprint density at radius 2 is 1.91 bits per heavy atom. The second kappa shape index (κ2) is 9.00. The molecule has 5 rings (SSSR count). The van der Waals surface area contributed by atoms with Gasteiger partial charge in [0.15, 0.2) is 0 Å². The van der Waals surface area contributed by atoms with E-state index in [4.69, 9.17) is 0 Å². The quantitative estimate of drug-likeness (QED) is 0.540. The Bertz CT molecular complexity index is 1240. The number of halogens is 1. The number of likely N-dealkylation sites (N-methyl/N-ethyl adjacent to an activating group) is 1. The van der Waals surface area contributed by atoms with Crippen molar-refractivity contribution in [2.45, 2.75) is 57.2 Å². The number of pyridine rings is 2. The van der Waals surface area contributed by atoms with Gasteiger partial charge in [-0.1, -0.05) is 38.3 Å². The highest BCUT2D eigenvalue weighted by atomic mass is 19.1. The highest BCUT2D eigenvalue weighted by Gasteiger charge is 2.45. The molecule has 2 aromatic heterocycles. The van der Waals surface area contributed by atoms with Crippen molar-refractivity contribution in [2.24, 2.45) is 0 Å². The molecule has 1 aromatic carbocycles. The van der Waals surface area contributed by atoms with Crippen LogP contribution < -0.4 is 10.5 Å². The molecule has 0 radical (unpaired) electrons. The number of benzene rings is 1. The maximum atomic E-state index is 13.4. The largest absolute Gasteiger partial charge is 0.425 e. The first kappa shape index (κ1) is 22.8. The average molecular weight is 467 g/mol. The first-order valence-electron chi connectivity index (χ1n) is 12.1. The number of nitrogens with zero attached hydrogens (tertiary/aromatic N) is 4. The topological polar surface area (TPSA) is 81.8 Å². The minimum atomic E-state index is -1.22. The standard InChI is InChI=1S/C26H31FN4O3/c1-2-29(20-6-4-3-5-7-20)16-26(33)17-30(15-18-8-10-19(27)11-9-18)22-14-28-24-21(23(22)26)12-13-31(34)25(24)32/h8-14,20,33-34H,2-7,15-17H2,1H3. The van der Waals surface area contributed by atoms with E-state index in [1.165, 1.54) is 37.6 Å². The van der Waals surface area contributed by atoms with E-state index in [9.17, 15) is 19.5 Å². The van der Waals surface area contributed by atoms with Gasteiger partial charge in [-0.15, -0.1) is 0 Å². The van der Waals surface area contributed by atoms with Crippen LogP contribution in [0.1, 0.15) is 50.2 Å². The van der Waals surface area contributed by atoms with Gasteiger partial charge in [-0.05, 0) is 43.1 Å². The number of β-amino-alcohol motifs (C(OH)–C–C–N with tert-alkyl or cyclic N) is 1. The Balaban J connectivity index is 1.58. The lowest BCUT2D eigenvalue weighted by molar-refractivity contribution is -0.00328. The normalized spacial score (nSPS) is 20.9. The molecule has 3 heterocycles. The van der Waals surface area contributed by atoms with Crippen LogP contribution in [-0.4, -0.2) is 50.6 Å². The fourth-order valence-electron chi connectivity index (χ4n) is 5.74. The van der Waals surface area contributed by atoms with E-state index >= 15 is 0 Å². The summed E-state index contributed by atoms with van der Waals surface area (Å²) >= 11 is 0. The molecule has 1 atom stereocenters. The van der Waals surface area contributed by atoms with Gasteiger partial charge in [-0.25, -0.2) is 9.37 Å². The molecule has 0 amide bonds. The number of hydrogen-bond acceptors (Lipinski definition) is 6. The van der Waals surface area contributed by atoms with Crippen LogP contribution in [0.5, 0.6) is 0 Å². The summed E-state index contributed by atoms with van der Waals surface area (Å²) in [5, 5.41) is 22.6. The lowest BCUT2D eigenvalue weighted by atomic mass is 9.89. The van der Waals surface area contributed by atoms with Gasteiger partial charge in [0.25, 0.3) is 0 Å². The van der Waals surface area contributed by atoms with E-state index in [0.717, 1.165) is 30.6 Å². The molecule has 1 aliphatic carbocycles. The second-order valence-electron chi connectivity index (χ2n) is 9.62. The fraction of sp³-hybridized carbons (Fsp3) is 0.462. The van der Waals surface area contributed by atoms with Crippen LogP contribution in [0.4, 0.5) is 10.1 Å². The average Bonchev–Trinajstić information content (AvgIpc) is 3.13. The smallest absolute Gasteiger partial charge is 0.309 e. The van der Waals surface area contributed by atoms with Gasteiger partial charge >= 0.3 is 5.56 Å². The predicted octanol–water partition coefficient (Wildman–Crippen LogP) is 3.64. The molecular formula is C26H31FN4O3. The van der Waals surface area contributed by atoms with Gasteiger partial charge < -0.3 is 15.2 Å². The van der Waals surface area contributed by atoms with Crippen molar-refractivity contribution in [3.8, 4) is 0 Å². The molecular weight excluding hydrogens is 435 g/mol. The molecule has 7 nitrogen and oxygen atoms in total. The summed E-state index contributed by atoms with van der Waals surface area (Å²) in [7, 11) is 0. The predicted molar refractivity (Wildman–Crippen MR) is 129 cm³/mol. The molecule has 0 spiro atoms. The van der Waals surface area contributed by atoms with Crippen LogP contribution in [0.2, 0.25) is 0 Å². The van der Waals surface area contributed by atoms with Gasteiger partial charge in [-0.2, -0.15) is 4.73 Å². The number of aliphatic hydroxyl groups is 1. The number of fused-ring (bicyclic) bond motifs is 3. The van der Waals surface area contributed by atoms with Gasteiger partial charge in [0.05, 0.1) is 18.4 Å². The van der Waals surface area contributed by atoms with E-state index in [1.807, 2.05) is 4.90 Å². The molecule has 34 heavy (non-hydrogen) atoms. The molecule has 1 fully saturated rings. The van der Waals surface area contributed by atoms with Crippen LogP contribution in [0.15, 0.2) is 47.5 Å². The SMILES string of the molecule is CCN(CC1(O)CN(Cc2ccc(F)cc2)c2cnc3c(=O)n(O)ccc3c21)C1CCCCC1. The molecule has 3 aromatic rings. The van der Waals surface area contributed by atoms with Gasteiger partial charge in [0.1, 0.15) is 16.9 Å². The van der Waals surface area contributed by atoms with Crippen LogP contribution >= 0.6 is 0 Å². The zero-order chi connectivity index (χ0) is 23.9. The lowest BCUT2D eigenvalue weighted by Crippen LogP contribution is -2.48. The number of anilines is 1. The van der Waals surface area contributed by atoms with E-state index in [-0.39, 0.29) is 11.3 Å². The fourth-order valence-corrected chi connectivity index (χ4v) is 5.74. The first-order chi connectivity index (χ1) is 16.4.